The fourth-order valence-electron chi connectivity index (χ4n) is 5.13. The van der Waals surface area contributed by atoms with Crippen LogP contribution in [0.25, 0.3) is 17.2 Å². The number of aryl methyl sites for hydroxylation is 2. The van der Waals surface area contributed by atoms with Crippen LogP contribution in [0.3, 0.4) is 0 Å². The average Bonchev–Trinajstić information content (AvgIpc) is 2.89. The fraction of sp³-hybridized carbons (Fsp3) is 0.375. The lowest BCUT2D eigenvalue weighted by molar-refractivity contribution is 0.365. The summed E-state index contributed by atoms with van der Waals surface area (Å²) in [5.41, 5.74) is 4.32. The van der Waals surface area contributed by atoms with Gasteiger partial charge in [-0.1, -0.05) is 81.0 Å². The van der Waals surface area contributed by atoms with Gasteiger partial charge in [-0.2, -0.15) is 0 Å². The Labute approximate surface area is 207 Å². The fourth-order valence-corrected chi connectivity index (χ4v) is 5.13. The summed E-state index contributed by atoms with van der Waals surface area (Å²) in [5, 5.41) is 0. The minimum Gasteiger partial charge on any atom is -0.206 e. The zero-order valence-electron chi connectivity index (χ0n) is 20.8. The molecule has 3 aromatic carbocycles. The molecule has 0 bridgehead atoms. The molecule has 1 aliphatic rings. The molecular formula is C32H35F3. The molecule has 1 saturated carbocycles. The molecule has 3 aromatic rings. The zero-order valence-corrected chi connectivity index (χ0v) is 20.8. The Morgan fingerprint density at radius 2 is 1.51 bits per heavy atom. The highest BCUT2D eigenvalue weighted by atomic mass is 19.2. The van der Waals surface area contributed by atoms with Gasteiger partial charge in [-0.15, -0.1) is 0 Å². The minimum atomic E-state index is -0.758. The van der Waals surface area contributed by atoms with Crippen LogP contribution in [-0.2, 0) is 12.8 Å². The van der Waals surface area contributed by atoms with E-state index in [-0.39, 0.29) is 11.7 Å². The van der Waals surface area contributed by atoms with Gasteiger partial charge in [-0.25, -0.2) is 13.2 Å². The molecule has 0 saturated heterocycles. The summed E-state index contributed by atoms with van der Waals surface area (Å²) >= 11 is 0. The van der Waals surface area contributed by atoms with E-state index >= 15 is 4.39 Å². The second-order valence-electron chi connectivity index (χ2n) is 9.81. The van der Waals surface area contributed by atoms with E-state index in [1.165, 1.54) is 5.56 Å². The van der Waals surface area contributed by atoms with Crippen LogP contribution in [-0.4, -0.2) is 0 Å². The highest BCUT2D eigenvalue weighted by Gasteiger charge is 2.25. The van der Waals surface area contributed by atoms with E-state index in [4.69, 9.17) is 0 Å². The van der Waals surface area contributed by atoms with Crippen molar-refractivity contribution in [1.29, 1.82) is 0 Å². The second-order valence-corrected chi connectivity index (χ2v) is 9.81. The van der Waals surface area contributed by atoms with Gasteiger partial charge in [0.05, 0.1) is 0 Å². The standard InChI is InChI=1S/C32H35F3/c1-3-5-6-24-12-18-27(30(33)21-24)17-11-23-9-15-26(16-10-23)29-20-19-28(31(34)32(29)35)25-13-7-22(4-2)8-14-25/h7-8,11-14,17-21,23,26H,3-6,9-10,15-16H2,1-2H3. The average molecular weight is 477 g/mol. The highest BCUT2D eigenvalue weighted by molar-refractivity contribution is 5.65. The van der Waals surface area contributed by atoms with Gasteiger partial charge >= 0.3 is 0 Å². The smallest absolute Gasteiger partial charge is 0.166 e. The van der Waals surface area contributed by atoms with Crippen molar-refractivity contribution in [1.82, 2.24) is 0 Å². The van der Waals surface area contributed by atoms with E-state index in [1.807, 2.05) is 42.5 Å². The summed E-state index contributed by atoms with van der Waals surface area (Å²) in [4.78, 5) is 0. The molecule has 0 heterocycles. The Bertz CT molecular complexity index is 1150. The molecule has 4 rings (SSSR count). The normalized spacial score (nSPS) is 18.3. The molecule has 0 atom stereocenters. The van der Waals surface area contributed by atoms with Crippen molar-refractivity contribution in [2.24, 2.45) is 5.92 Å². The molecule has 0 aromatic heterocycles. The van der Waals surface area contributed by atoms with Crippen molar-refractivity contribution in [2.75, 3.05) is 0 Å². The first-order valence-corrected chi connectivity index (χ1v) is 13.0. The van der Waals surface area contributed by atoms with Crippen LogP contribution in [0.4, 0.5) is 13.2 Å². The highest BCUT2D eigenvalue weighted by Crippen LogP contribution is 2.39. The van der Waals surface area contributed by atoms with Crippen LogP contribution in [0.2, 0.25) is 0 Å². The quantitative estimate of drug-likeness (QED) is 0.303. The first-order valence-electron chi connectivity index (χ1n) is 13.0. The van der Waals surface area contributed by atoms with Crippen LogP contribution < -0.4 is 0 Å². The predicted molar refractivity (Wildman–Crippen MR) is 140 cm³/mol. The first kappa shape index (κ1) is 25.3. The van der Waals surface area contributed by atoms with Gasteiger partial charge in [0.2, 0.25) is 0 Å². The van der Waals surface area contributed by atoms with Crippen molar-refractivity contribution in [3.8, 4) is 11.1 Å². The van der Waals surface area contributed by atoms with Crippen LogP contribution in [0.15, 0.2) is 60.7 Å². The van der Waals surface area contributed by atoms with Crippen molar-refractivity contribution in [2.45, 2.75) is 71.1 Å². The molecule has 3 heteroatoms. The maximum absolute atomic E-state index is 15.1. The van der Waals surface area contributed by atoms with Gasteiger partial charge in [0, 0.05) is 11.1 Å². The van der Waals surface area contributed by atoms with Crippen molar-refractivity contribution >= 4 is 6.08 Å². The van der Waals surface area contributed by atoms with E-state index in [0.29, 0.717) is 28.2 Å². The molecule has 0 aliphatic heterocycles. The summed E-state index contributed by atoms with van der Waals surface area (Å²) in [5.74, 6) is -1.31. The molecule has 0 radical (unpaired) electrons. The molecule has 0 unspecified atom stereocenters. The molecule has 0 amide bonds. The third-order valence-corrected chi connectivity index (χ3v) is 7.43. The molecule has 184 valence electrons. The molecule has 0 spiro atoms. The third kappa shape index (κ3) is 6.07. The lowest BCUT2D eigenvalue weighted by Gasteiger charge is -2.27. The number of benzene rings is 3. The van der Waals surface area contributed by atoms with Crippen molar-refractivity contribution in [3.05, 3.63) is 100 Å². The Hall–Kier alpha value is -2.81. The van der Waals surface area contributed by atoms with Crippen molar-refractivity contribution in [3.63, 3.8) is 0 Å². The van der Waals surface area contributed by atoms with Gasteiger partial charge in [0.1, 0.15) is 5.82 Å². The van der Waals surface area contributed by atoms with E-state index in [9.17, 15) is 8.78 Å². The first-order chi connectivity index (χ1) is 17.0. The number of hydrogen-bond donors (Lipinski definition) is 0. The lowest BCUT2D eigenvalue weighted by Crippen LogP contribution is -2.13. The summed E-state index contributed by atoms with van der Waals surface area (Å²) in [6, 6.07) is 16.6. The monoisotopic (exact) mass is 476 g/mol. The molecular weight excluding hydrogens is 441 g/mol. The largest absolute Gasteiger partial charge is 0.206 e. The minimum absolute atomic E-state index is 0.0141. The summed E-state index contributed by atoms with van der Waals surface area (Å²) in [7, 11) is 0. The summed E-state index contributed by atoms with van der Waals surface area (Å²) < 4.78 is 44.5. The number of hydrogen-bond acceptors (Lipinski definition) is 0. The van der Waals surface area contributed by atoms with Crippen LogP contribution in [0.1, 0.15) is 80.5 Å². The SMILES string of the molecule is CCCCc1ccc(C=CC2CCC(c3ccc(-c4ccc(CC)cc4)c(F)c3F)CC2)c(F)c1. The van der Waals surface area contributed by atoms with Gasteiger partial charge in [-0.05, 0) is 85.1 Å². The van der Waals surface area contributed by atoms with E-state index < -0.39 is 11.6 Å². The van der Waals surface area contributed by atoms with E-state index in [2.05, 4.69) is 19.9 Å². The summed E-state index contributed by atoms with van der Waals surface area (Å²) in [6.07, 6.45) is 11.3. The van der Waals surface area contributed by atoms with E-state index in [0.717, 1.165) is 56.9 Å². The Morgan fingerprint density at radius 3 is 2.17 bits per heavy atom. The Morgan fingerprint density at radius 1 is 0.800 bits per heavy atom. The van der Waals surface area contributed by atoms with Crippen molar-refractivity contribution < 1.29 is 13.2 Å². The zero-order chi connectivity index (χ0) is 24.8. The van der Waals surface area contributed by atoms with Gasteiger partial charge in [-0.3, -0.25) is 0 Å². The molecule has 0 N–H and O–H groups in total. The van der Waals surface area contributed by atoms with E-state index in [1.54, 1.807) is 18.2 Å². The maximum atomic E-state index is 15.1. The molecule has 0 nitrogen and oxygen atoms in total. The van der Waals surface area contributed by atoms with Crippen LogP contribution >= 0.6 is 0 Å². The van der Waals surface area contributed by atoms with Gasteiger partial charge in [0.15, 0.2) is 11.6 Å². The third-order valence-electron chi connectivity index (χ3n) is 7.43. The molecule has 35 heavy (non-hydrogen) atoms. The lowest BCUT2D eigenvalue weighted by atomic mass is 9.78. The Balaban J connectivity index is 1.39. The summed E-state index contributed by atoms with van der Waals surface area (Å²) in [6.45, 7) is 4.20. The number of unbranched alkanes of at least 4 members (excludes halogenated alkanes) is 1. The Kier molecular flexibility index (Phi) is 8.49. The van der Waals surface area contributed by atoms with Crippen LogP contribution in [0.5, 0.6) is 0 Å². The van der Waals surface area contributed by atoms with Crippen LogP contribution in [0, 0.1) is 23.4 Å². The number of allylic oxidation sites excluding steroid dienone is 1. The maximum Gasteiger partial charge on any atom is 0.166 e. The number of halogens is 3. The predicted octanol–water partition coefficient (Wildman–Crippen LogP) is 9.66. The second kappa shape index (κ2) is 11.7. The topological polar surface area (TPSA) is 0 Å². The molecule has 1 fully saturated rings. The van der Waals surface area contributed by atoms with Gasteiger partial charge < -0.3 is 0 Å². The number of rotatable bonds is 8. The molecule has 1 aliphatic carbocycles. The van der Waals surface area contributed by atoms with Gasteiger partial charge in [0.25, 0.3) is 0 Å².